The minimum Gasteiger partial charge on any atom is -0.494 e. The fraction of sp³-hybridized carbons (Fsp3) is 0.381. The number of carbonyl (C=O) groups is 1. The van der Waals surface area contributed by atoms with E-state index in [1.807, 2.05) is 31.2 Å². The van der Waals surface area contributed by atoms with Crippen molar-refractivity contribution in [3.8, 4) is 5.75 Å². The van der Waals surface area contributed by atoms with Crippen molar-refractivity contribution in [2.75, 3.05) is 26.4 Å². The van der Waals surface area contributed by atoms with Crippen LogP contribution in [0, 0.1) is 0 Å². The molecule has 1 amide bonds. The van der Waals surface area contributed by atoms with Crippen molar-refractivity contribution in [1.29, 1.82) is 0 Å². The van der Waals surface area contributed by atoms with Gasteiger partial charge in [-0.15, -0.1) is 0 Å². The van der Waals surface area contributed by atoms with Crippen LogP contribution in [-0.2, 0) is 10.2 Å². The molecule has 2 aromatic carbocycles. The number of halogens is 1. The van der Waals surface area contributed by atoms with E-state index in [0.717, 1.165) is 23.1 Å². The number of nitrogens with one attached hydrogen (secondary N) is 1. The highest BCUT2D eigenvalue weighted by molar-refractivity contribution is 9.10. The van der Waals surface area contributed by atoms with Crippen molar-refractivity contribution < 1.29 is 14.3 Å². The van der Waals surface area contributed by atoms with Gasteiger partial charge in [0.2, 0.25) is 0 Å². The van der Waals surface area contributed by atoms with Gasteiger partial charge in [0.05, 0.1) is 6.61 Å². The van der Waals surface area contributed by atoms with Crippen LogP contribution in [0.25, 0.3) is 0 Å². The van der Waals surface area contributed by atoms with Gasteiger partial charge in [-0.2, -0.15) is 0 Å². The van der Waals surface area contributed by atoms with E-state index in [2.05, 4.69) is 33.4 Å². The normalized spacial score (nSPS) is 16.1. The van der Waals surface area contributed by atoms with Gasteiger partial charge in [0.1, 0.15) is 5.75 Å². The second-order valence-electron chi connectivity index (χ2n) is 6.54. The van der Waals surface area contributed by atoms with Crippen LogP contribution >= 0.6 is 15.9 Å². The second-order valence-corrected chi connectivity index (χ2v) is 7.46. The third-order valence-corrected chi connectivity index (χ3v) is 5.39. The molecule has 1 fully saturated rings. The first-order chi connectivity index (χ1) is 12.6. The van der Waals surface area contributed by atoms with Gasteiger partial charge in [0.25, 0.3) is 5.91 Å². The van der Waals surface area contributed by atoms with E-state index in [1.54, 1.807) is 12.1 Å². The first-order valence-electron chi connectivity index (χ1n) is 8.98. The third kappa shape index (κ3) is 4.46. The molecule has 0 atom stereocenters. The molecular weight excluding hydrogens is 394 g/mol. The van der Waals surface area contributed by atoms with E-state index in [-0.39, 0.29) is 11.3 Å². The van der Waals surface area contributed by atoms with Crippen molar-refractivity contribution >= 4 is 21.8 Å². The maximum atomic E-state index is 12.6. The molecule has 4 nitrogen and oxygen atoms in total. The first kappa shape index (κ1) is 18.9. The largest absolute Gasteiger partial charge is 0.494 e. The fourth-order valence-electron chi connectivity index (χ4n) is 3.37. The topological polar surface area (TPSA) is 47.6 Å². The van der Waals surface area contributed by atoms with Crippen LogP contribution in [0.2, 0.25) is 0 Å². The first-order valence-corrected chi connectivity index (χ1v) is 9.77. The quantitative estimate of drug-likeness (QED) is 0.760. The highest BCUT2D eigenvalue weighted by Crippen LogP contribution is 2.35. The van der Waals surface area contributed by atoms with Crippen molar-refractivity contribution in [3.63, 3.8) is 0 Å². The summed E-state index contributed by atoms with van der Waals surface area (Å²) in [4.78, 5) is 12.6. The molecule has 0 aromatic heterocycles. The van der Waals surface area contributed by atoms with Gasteiger partial charge in [0.15, 0.2) is 0 Å². The lowest BCUT2D eigenvalue weighted by Gasteiger charge is -2.38. The number of hydrogen-bond acceptors (Lipinski definition) is 3. The Balaban J connectivity index is 1.72. The molecule has 0 aliphatic carbocycles. The minimum atomic E-state index is -0.0943. The van der Waals surface area contributed by atoms with E-state index >= 15 is 0 Å². The predicted octanol–water partition coefficient (Wildman–Crippen LogP) is 4.33. The van der Waals surface area contributed by atoms with E-state index in [9.17, 15) is 4.79 Å². The number of carbonyl (C=O) groups excluding carboxylic acids is 1. The molecule has 0 spiro atoms. The summed E-state index contributed by atoms with van der Waals surface area (Å²) in [7, 11) is 0. The molecule has 1 saturated heterocycles. The Labute approximate surface area is 163 Å². The lowest BCUT2D eigenvalue weighted by molar-refractivity contribution is 0.0487. The zero-order valence-corrected chi connectivity index (χ0v) is 16.6. The maximum absolute atomic E-state index is 12.6. The molecule has 0 bridgehead atoms. The Kier molecular flexibility index (Phi) is 6.33. The Morgan fingerprint density at radius 1 is 1.19 bits per heavy atom. The Morgan fingerprint density at radius 2 is 1.92 bits per heavy atom. The number of hydrogen-bond donors (Lipinski definition) is 1. The van der Waals surface area contributed by atoms with Gasteiger partial charge in [-0.25, -0.2) is 0 Å². The molecule has 26 heavy (non-hydrogen) atoms. The molecule has 5 heteroatoms. The standard InChI is InChI=1S/C21H24BrNO3/c1-2-26-19-8-6-16(7-9-19)20(24)23-15-21(10-12-25-13-11-21)17-4-3-5-18(22)14-17/h3-9,14H,2,10-13,15H2,1H3,(H,23,24). The van der Waals surface area contributed by atoms with Gasteiger partial charge >= 0.3 is 0 Å². The fourth-order valence-corrected chi connectivity index (χ4v) is 3.77. The zero-order chi connectivity index (χ0) is 18.4. The second kappa shape index (κ2) is 8.69. The monoisotopic (exact) mass is 417 g/mol. The van der Waals surface area contributed by atoms with Gasteiger partial charge < -0.3 is 14.8 Å². The van der Waals surface area contributed by atoms with E-state index in [1.165, 1.54) is 5.56 Å². The van der Waals surface area contributed by atoms with Crippen LogP contribution in [0.4, 0.5) is 0 Å². The smallest absolute Gasteiger partial charge is 0.251 e. The van der Waals surface area contributed by atoms with Crippen molar-refractivity contribution in [3.05, 3.63) is 64.1 Å². The Morgan fingerprint density at radius 3 is 2.58 bits per heavy atom. The summed E-state index contributed by atoms with van der Waals surface area (Å²) >= 11 is 3.56. The number of benzene rings is 2. The molecule has 1 heterocycles. The van der Waals surface area contributed by atoms with Crippen LogP contribution < -0.4 is 10.1 Å². The molecule has 1 aliphatic rings. The van der Waals surface area contributed by atoms with E-state index in [4.69, 9.17) is 9.47 Å². The molecule has 0 radical (unpaired) electrons. The summed E-state index contributed by atoms with van der Waals surface area (Å²) in [5, 5.41) is 3.13. The van der Waals surface area contributed by atoms with Crippen LogP contribution in [0.5, 0.6) is 5.75 Å². The summed E-state index contributed by atoms with van der Waals surface area (Å²) in [6, 6.07) is 15.6. The van der Waals surface area contributed by atoms with E-state index < -0.39 is 0 Å². The zero-order valence-electron chi connectivity index (χ0n) is 15.0. The average molecular weight is 418 g/mol. The summed E-state index contributed by atoms with van der Waals surface area (Å²) in [5.74, 6) is 0.716. The molecule has 0 saturated carbocycles. The molecule has 2 aromatic rings. The number of amides is 1. The highest BCUT2D eigenvalue weighted by Gasteiger charge is 2.35. The Bertz CT molecular complexity index is 739. The lowest BCUT2D eigenvalue weighted by atomic mass is 9.74. The molecule has 1 aliphatic heterocycles. The average Bonchev–Trinajstić information content (AvgIpc) is 2.68. The van der Waals surface area contributed by atoms with Crippen molar-refractivity contribution in [2.45, 2.75) is 25.2 Å². The SMILES string of the molecule is CCOc1ccc(C(=O)NCC2(c3cccc(Br)c3)CCOCC2)cc1. The molecular formula is C21H24BrNO3. The predicted molar refractivity (Wildman–Crippen MR) is 106 cm³/mol. The van der Waals surface area contributed by atoms with Gasteiger partial charge in [-0.1, -0.05) is 28.1 Å². The van der Waals surface area contributed by atoms with Gasteiger partial charge in [-0.05, 0) is 61.7 Å². The summed E-state index contributed by atoms with van der Waals surface area (Å²) in [6.07, 6.45) is 1.79. The van der Waals surface area contributed by atoms with E-state index in [0.29, 0.717) is 31.9 Å². The third-order valence-electron chi connectivity index (χ3n) is 4.90. The summed E-state index contributed by atoms with van der Waals surface area (Å²) < 4.78 is 12.1. The van der Waals surface area contributed by atoms with Crippen molar-refractivity contribution in [1.82, 2.24) is 5.32 Å². The van der Waals surface area contributed by atoms with Crippen LogP contribution in [0.1, 0.15) is 35.7 Å². The lowest BCUT2D eigenvalue weighted by Crippen LogP contribution is -2.44. The van der Waals surface area contributed by atoms with Gasteiger partial charge in [0, 0.05) is 35.2 Å². The number of rotatable bonds is 6. The molecule has 138 valence electrons. The molecule has 1 N–H and O–H groups in total. The molecule has 3 rings (SSSR count). The van der Waals surface area contributed by atoms with Crippen LogP contribution in [0.3, 0.4) is 0 Å². The highest BCUT2D eigenvalue weighted by atomic mass is 79.9. The molecule has 0 unspecified atom stereocenters. The van der Waals surface area contributed by atoms with Gasteiger partial charge in [-0.3, -0.25) is 4.79 Å². The number of ether oxygens (including phenoxy) is 2. The Hall–Kier alpha value is -1.85. The maximum Gasteiger partial charge on any atom is 0.251 e. The van der Waals surface area contributed by atoms with Crippen LogP contribution in [0.15, 0.2) is 53.0 Å². The summed E-state index contributed by atoms with van der Waals surface area (Å²) in [5.41, 5.74) is 1.79. The summed E-state index contributed by atoms with van der Waals surface area (Å²) in [6.45, 7) is 4.58. The van der Waals surface area contributed by atoms with Crippen LogP contribution in [-0.4, -0.2) is 32.3 Å². The minimum absolute atomic E-state index is 0.0612. The van der Waals surface area contributed by atoms with Crippen molar-refractivity contribution in [2.24, 2.45) is 0 Å².